The second kappa shape index (κ2) is 5.58. The number of ketones is 1. The fourth-order valence-electron chi connectivity index (χ4n) is 1.26. The standard InChI is InChI=1S/C13H13ClO/c1-3-4-5-6-13(15)11-7-8-12(14)10(2)9-11/h7-9H,5-6H2,1-2H3. The fourth-order valence-corrected chi connectivity index (χ4v) is 1.38. The molecule has 0 aromatic heterocycles. The van der Waals surface area contributed by atoms with Crippen LogP contribution >= 0.6 is 11.6 Å². The van der Waals surface area contributed by atoms with E-state index in [1.807, 2.05) is 13.0 Å². The fraction of sp³-hybridized carbons (Fsp3) is 0.308. The Labute approximate surface area is 95.5 Å². The summed E-state index contributed by atoms with van der Waals surface area (Å²) in [6.07, 6.45) is 1.10. The molecule has 0 saturated carbocycles. The summed E-state index contributed by atoms with van der Waals surface area (Å²) in [5, 5.41) is 0.694. The van der Waals surface area contributed by atoms with E-state index in [1.54, 1.807) is 19.1 Å². The van der Waals surface area contributed by atoms with Gasteiger partial charge in [-0.1, -0.05) is 11.6 Å². The molecule has 1 nitrogen and oxygen atoms in total. The van der Waals surface area contributed by atoms with E-state index in [1.165, 1.54) is 0 Å². The van der Waals surface area contributed by atoms with Crippen molar-refractivity contribution < 1.29 is 4.79 Å². The largest absolute Gasteiger partial charge is 0.294 e. The topological polar surface area (TPSA) is 17.1 Å². The molecule has 0 N–H and O–H groups in total. The van der Waals surface area contributed by atoms with E-state index >= 15 is 0 Å². The Kier molecular flexibility index (Phi) is 4.39. The predicted octanol–water partition coefficient (Wildman–Crippen LogP) is 3.63. The molecule has 0 heterocycles. The summed E-state index contributed by atoms with van der Waals surface area (Å²) in [5.41, 5.74) is 1.65. The molecule has 0 amide bonds. The molecule has 0 aliphatic rings. The number of Topliss-reactive ketones (excluding diaryl/α,β-unsaturated/α-hetero) is 1. The van der Waals surface area contributed by atoms with Gasteiger partial charge in [-0.2, -0.15) is 0 Å². The van der Waals surface area contributed by atoms with Gasteiger partial charge in [0.25, 0.3) is 0 Å². The molecular weight excluding hydrogens is 208 g/mol. The Morgan fingerprint density at radius 1 is 1.47 bits per heavy atom. The van der Waals surface area contributed by atoms with Gasteiger partial charge >= 0.3 is 0 Å². The average Bonchev–Trinajstić information content (AvgIpc) is 2.22. The summed E-state index contributed by atoms with van der Waals surface area (Å²) in [5.74, 6) is 5.77. The lowest BCUT2D eigenvalue weighted by Gasteiger charge is -2.01. The number of halogens is 1. The van der Waals surface area contributed by atoms with Crippen LogP contribution in [0.5, 0.6) is 0 Å². The van der Waals surface area contributed by atoms with E-state index in [4.69, 9.17) is 11.6 Å². The minimum atomic E-state index is 0.123. The Hall–Kier alpha value is -1.26. The SMILES string of the molecule is CC#CCCC(=O)c1ccc(Cl)c(C)c1. The van der Waals surface area contributed by atoms with Crippen LogP contribution in [0.15, 0.2) is 18.2 Å². The maximum Gasteiger partial charge on any atom is 0.163 e. The van der Waals surface area contributed by atoms with Crippen LogP contribution in [0.4, 0.5) is 0 Å². The van der Waals surface area contributed by atoms with Crippen molar-refractivity contribution in [2.45, 2.75) is 26.7 Å². The number of carbonyl (C=O) groups excluding carboxylic acids is 1. The Morgan fingerprint density at radius 3 is 2.80 bits per heavy atom. The van der Waals surface area contributed by atoms with E-state index in [0.717, 1.165) is 11.1 Å². The lowest BCUT2D eigenvalue weighted by atomic mass is 10.0. The molecule has 1 aromatic rings. The van der Waals surface area contributed by atoms with E-state index in [2.05, 4.69) is 11.8 Å². The molecule has 78 valence electrons. The number of benzene rings is 1. The van der Waals surface area contributed by atoms with E-state index in [0.29, 0.717) is 17.9 Å². The highest BCUT2D eigenvalue weighted by Gasteiger charge is 2.06. The van der Waals surface area contributed by atoms with Crippen molar-refractivity contribution in [1.82, 2.24) is 0 Å². The van der Waals surface area contributed by atoms with E-state index in [9.17, 15) is 4.79 Å². The van der Waals surface area contributed by atoms with Gasteiger partial charge in [-0.15, -0.1) is 11.8 Å². The van der Waals surface area contributed by atoms with Crippen LogP contribution in [0.25, 0.3) is 0 Å². The summed E-state index contributed by atoms with van der Waals surface area (Å²) in [6, 6.07) is 5.34. The first kappa shape index (κ1) is 11.8. The van der Waals surface area contributed by atoms with Gasteiger partial charge in [-0.3, -0.25) is 4.79 Å². The lowest BCUT2D eigenvalue weighted by molar-refractivity contribution is 0.0984. The number of hydrogen-bond donors (Lipinski definition) is 0. The molecule has 0 aliphatic heterocycles. The van der Waals surface area contributed by atoms with E-state index in [-0.39, 0.29) is 5.78 Å². The van der Waals surface area contributed by atoms with Gasteiger partial charge in [0.2, 0.25) is 0 Å². The van der Waals surface area contributed by atoms with Crippen LogP contribution < -0.4 is 0 Å². The Morgan fingerprint density at radius 2 is 2.20 bits per heavy atom. The first-order chi connectivity index (χ1) is 7.15. The first-order valence-electron chi connectivity index (χ1n) is 4.84. The van der Waals surface area contributed by atoms with Crippen molar-refractivity contribution in [3.63, 3.8) is 0 Å². The van der Waals surface area contributed by atoms with Gasteiger partial charge in [0, 0.05) is 23.4 Å². The quantitative estimate of drug-likeness (QED) is 0.562. The highest BCUT2D eigenvalue weighted by atomic mass is 35.5. The van der Waals surface area contributed by atoms with Gasteiger partial charge in [0.1, 0.15) is 0 Å². The van der Waals surface area contributed by atoms with Gasteiger partial charge in [0.05, 0.1) is 0 Å². The molecule has 1 aromatic carbocycles. The number of hydrogen-bond acceptors (Lipinski definition) is 1. The van der Waals surface area contributed by atoms with Crippen molar-refractivity contribution >= 4 is 17.4 Å². The maximum atomic E-state index is 11.7. The van der Waals surface area contributed by atoms with Gasteiger partial charge in [0.15, 0.2) is 5.78 Å². The molecule has 0 atom stereocenters. The molecule has 15 heavy (non-hydrogen) atoms. The summed E-state index contributed by atoms with van der Waals surface area (Å²) in [7, 11) is 0. The summed E-state index contributed by atoms with van der Waals surface area (Å²) in [6.45, 7) is 3.67. The molecule has 0 spiro atoms. The second-order valence-corrected chi connectivity index (χ2v) is 3.72. The van der Waals surface area contributed by atoms with Gasteiger partial charge < -0.3 is 0 Å². The zero-order valence-corrected chi connectivity index (χ0v) is 9.69. The molecule has 0 unspecified atom stereocenters. The summed E-state index contributed by atoms with van der Waals surface area (Å²) >= 11 is 5.88. The Balaban J connectivity index is 2.72. The van der Waals surface area contributed by atoms with Crippen molar-refractivity contribution in [2.24, 2.45) is 0 Å². The minimum absolute atomic E-state index is 0.123. The van der Waals surface area contributed by atoms with Gasteiger partial charge in [-0.25, -0.2) is 0 Å². The molecule has 0 radical (unpaired) electrons. The third-order valence-corrected chi connectivity index (χ3v) is 2.56. The lowest BCUT2D eigenvalue weighted by Crippen LogP contribution is -1.98. The monoisotopic (exact) mass is 220 g/mol. The molecule has 0 saturated heterocycles. The van der Waals surface area contributed by atoms with Crippen LogP contribution in [0.2, 0.25) is 5.02 Å². The smallest absolute Gasteiger partial charge is 0.163 e. The number of rotatable bonds is 3. The molecular formula is C13H13ClO. The van der Waals surface area contributed by atoms with Gasteiger partial charge in [-0.05, 0) is 37.6 Å². The average molecular weight is 221 g/mol. The van der Waals surface area contributed by atoms with Crippen molar-refractivity contribution in [3.8, 4) is 11.8 Å². The highest BCUT2D eigenvalue weighted by Crippen LogP contribution is 2.17. The van der Waals surface area contributed by atoms with Crippen molar-refractivity contribution in [3.05, 3.63) is 34.3 Å². The molecule has 0 bridgehead atoms. The van der Waals surface area contributed by atoms with Crippen LogP contribution in [-0.2, 0) is 0 Å². The minimum Gasteiger partial charge on any atom is -0.294 e. The first-order valence-corrected chi connectivity index (χ1v) is 5.22. The van der Waals surface area contributed by atoms with Crippen LogP contribution in [0.1, 0.15) is 35.7 Å². The molecule has 0 aliphatic carbocycles. The maximum absolute atomic E-state index is 11.7. The van der Waals surface area contributed by atoms with Crippen LogP contribution in [0, 0.1) is 18.8 Å². The van der Waals surface area contributed by atoms with E-state index < -0.39 is 0 Å². The molecule has 1 rings (SSSR count). The predicted molar refractivity (Wildman–Crippen MR) is 63.2 cm³/mol. The zero-order valence-electron chi connectivity index (χ0n) is 8.93. The molecule has 2 heteroatoms. The number of aryl methyl sites for hydroxylation is 1. The normalized spacial score (nSPS) is 9.27. The summed E-state index contributed by atoms with van der Waals surface area (Å²) in [4.78, 5) is 11.7. The third-order valence-electron chi connectivity index (χ3n) is 2.13. The second-order valence-electron chi connectivity index (χ2n) is 3.31. The number of carbonyl (C=O) groups is 1. The van der Waals surface area contributed by atoms with Crippen molar-refractivity contribution in [2.75, 3.05) is 0 Å². The third kappa shape index (κ3) is 3.42. The van der Waals surface area contributed by atoms with Crippen LogP contribution in [-0.4, -0.2) is 5.78 Å². The van der Waals surface area contributed by atoms with Crippen molar-refractivity contribution in [1.29, 1.82) is 0 Å². The van der Waals surface area contributed by atoms with Crippen LogP contribution in [0.3, 0.4) is 0 Å². The summed E-state index contributed by atoms with van der Waals surface area (Å²) < 4.78 is 0. The molecule has 0 fully saturated rings. The zero-order chi connectivity index (χ0) is 11.3. The highest BCUT2D eigenvalue weighted by molar-refractivity contribution is 6.31. The Bertz CT molecular complexity index is 424.